The highest BCUT2D eigenvalue weighted by atomic mass is 32.1. The van der Waals surface area contributed by atoms with Crippen molar-refractivity contribution in [3.8, 4) is 17.2 Å². The van der Waals surface area contributed by atoms with E-state index >= 15 is 0 Å². The fraction of sp³-hybridized carbons (Fsp3) is 0.167. The van der Waals surface area contributed by atoms with Gasteiger partial charge in [0.25, 0.3) is 11.8 Å². The lowest BCUT2D eigenvalue weighted by molar-refractivity contribution is -0.137. The quantitative estimate of drug-likeness (QED) is 0.519. The van der Waals surface area contributed by atoms with Crippen molar-refractivity contribution in [2.75, 3.05) is 26.6 Å². The van der Waals surface area contributed by atoms with Gasteiger partial charge < -0.3 is 19.5 Å². The van der Waals surface area contributed by atoms with E-state index in [1.165, 1.54) is 23.3 Å². The van der Waals surface area contributed by atoms with Crippen LogP contribution in [-0.2, 0) is 16.1 Å². The summed E-state index contributed by atoms with van der Waals surface area (Å²) < 4.78 is 16.0. The van der Waals surface area contributed by atoms with Crippen LogP contribution in [0, 0.1) is 0 Å². The van der Waals surface area contributed by atoms with Crippen LogP contribution >= 0.6 is 11.3 Å². The maximum atomic E-state index is 13.4. The van der Waals surface area contributed by atoms with Gasteiger partial charge in [0.15, 0.2) is 11.5 Å². The van der Waals surface area contributed by atoms with Gasteiger partial charge in [-0.2, -0.15) is 0 Å². The molecule has 0 atom stereocenters. The van der Waals surface area contributed by atoms with E-state index in [1.807, 2.05) is 35.7 Å². The Kier molecular flexibility index (Phi) is 6.13. The number of carbonyl (C=O) groups is 2. The molecule has 0 aliphatic carbocycles. The van der Waals surface area contributed by atoms with Crippen LogP contribution in [0.25, 0.3) is 5.57 Å². The molecule has 0 radical (unpaired) electrons. The van der Waals surface area contributed by atoms with E-state index < -0.39 is 5.91 Å². The van der Waals surface area contributed by atoms with Crippen molar-refractivity contribution >= 4 is 34.4 Å². The Labute approximate surface area is 189 Å². The SMILES string of the molecule is COc1ccccc1CN1C(=O)C(Nc2ccc(OC)c(OC)c2)=C(c2cccs2)C1=O. The molecule has 0 spiro atoms. The van der Waals surface area contributed by atoms with E-state index in [1.54, 1.807) is 38.5 Å². The third-order valence-electron chi connectivity index (χ3n) is 5.11. The van der Waals surface area contributed by atoms with Crippen LogP contribution in [0.4, 0.5) is 5.69 Å². The van der Waals surface area contributed by atoms with Gasteiger partial charge in [-0.3, -0.25) is 14.5 Å². The van der Waals surface area contributed by atoms with Gasteiger partial charge in [0.05, 0.1) is 33.4 Å². The summed E-state index contributed by atoms with van der Waals surface area (Å²) in [5.41, 5.74) is 1.91. The highest BCUT2D eigenvalue weighted by Gasteiger charge is 2.40. The van der Waals surface area contributed by atoms with Crippen LogP contribution in [0.2, 0.25) is 0 Å². The molecule has 1 aliphatic heterocycles. The van der Waals surface area contributed by atoms with Crippen LogP contribution in [0.5, 0.6) is 17.2 Å². The maximum Gasteiger partial charge on any atom is 0.278 e. The molecule has 1 aliphatic rings. The van der Waals surface area contributed by atoms with Gasteiger partial charge in [-0.1, -0.05) is 24.3 Å². The Morgan fingerprint density at radius 3 is 2.28 bits per heavy atom. The summed E-state index contributed by atoms with van der Waals surface area (Å²) in [5.74, 6) is 0.938. The van der Waals surface area contributed by atoms with Crippen molar-refractivity contribution in [1.82, 2.24) is 4.90 Å². The minimum Gasteiger partial charge on any atom is -0.496 e. The number of amides is 2. The molecule has 7 nitrogen and oxygen atoms in total. The number of para-hydroxylation sites is 1. The summed E-state index contributed by atoms with van der Waals surface area (Å²) in [6, 6.07) is 16.2. The zero-order valence-corrected chi connectivity index (χ0v) is 18.7. The number of methoxy groups -OCH3 is 3. The molecule has 0 fully saturated rings. The molecule has 2 aromatic carbocycles. The number of hydrogen-bond acceptors (Lipinski definition) is 7. The third-order valence-corrected chi connectivity index (χ3v) is 6.00. The van der Waals surface area contributed by atoms with Crippen LogP contribution in [0.15, 0.2) is 65.7 Å². The molecule has 1 aromatic heterocycles. The zero-order valence-electron chi connectivity index (χ0n) is 17.9. The number of nitrogens with one attached hydrogen (secondary N) is 1. The van der Waals surface area contributed by atoms with Crippen LogP contribution in [-0.4, -0.2) is 38.0 Å². The standard InChI is InChI=1S/C24H22N2O5S/c1-29-17-8-5-4-7-15(17)14-26-23(27)21(20-9-6-12-32-20)22(24(26)28)25-16-10-11-18(30-2)19(13-16)31-3/h4-13,25H,14H2,1-3H3. The summed E-state index contributed by atoms with van der Waals surface area (Å²) >= 11 is 1.40. The highest BCUT2D eigenvalue weighted by Crippen LogP contribution is 2.36. The second kappa shape index (κ2) is 9.15. The monoisotopic (exact) mass is 450 g/mol. The first kappa shape index (κ1) is 21.5. The Bertz CT molecular complexity index is 1190. The average molecular weight is 451 g/mol. The number of thiophene rings is 1. The molecule has 0 saturated carbocycles. The lowest BCUT2D eigenvalue weighted by Crippen LogP contribution is -2.32. The van der Waals surface area contributed by atoms with Crippen LogP contribution in [0.3, 0.4) is 0 Å². The molecule has 1 N–H and O–H groups in total. The first-order valence-corrected chi connectivity index (χ1v) is 10.7. The van der Waals surface area contributed by atoms with Crippen molar-refractivity contribution < 1.29 is 23.8 Å². The number of nitrogens with zero attached hydrogens (tertiary/aromatic N) is 1. The van der Waals surface area contributed by atoms with Gasteiger partial charge >= 0.3 is 0 Å². The topological polar surface area (TPSA) is 77.1 Å². The van der Waals surface area contributed by atoms with Gasteiger partial charge in [-0.25, -0.2) is 0 Å². The molecular weight excluding hydrogens is 428 g/mol. The van der Waals surface area contributed by atoms with Crippen molar-refractivity contribution in [3.05, 3.63) is 76.1 Å². The van der Waals surface area contributed by atoms with Gasteiger partial charge in [0.1, 0.15) is 11.4 Å². The molecule has 2 amide bonds. The molecule has 2 heterocycles. The fourth-order valence-corrected chi connectivity index (χ4v) is 4.32. The molecule has 8 heteroatoms. The Balaban J connectivity index is 1.71. The van der Waals surface area contributed by atoms with E-state index in [-0.39, 0.29) is 18.1 Å². The lowest BCUT2D eigenvalue weighted by Gasteiger charge is -2.17. The van der Waals surface area contributed by atoms with E-state index in [9.17, 15) is 9.59 Å². The van der Waals surface area contributed by atoms with E-state index in [0.29, 0.717) is 33.4 Å². The van der Waals surface area contributed by atoms with Gasteiger partial charge in [0.2, 0.25) is 0 Å². The first-order valence-electron chi connectivity index (χ1n) is 9.82. The largest absolute Gasteiger partial charge is 0.496 e. The number of ether oxygens (including phenoxy) is 3. The Morgan fingerprint density at radius 2 is 1.59 bits per heavy atom. The number of anilines is 1. The Morgan fingerprint density at radius 1 is 0.844 bits per heavy atom. The van der Waals surface area contributed by atoms with E-state index in [2.05, 4.69) is 5.32 Å². The first-order chi connectivity index (χ1) is 15.6. The van der Waals surface area contributed by atoms with Crippen LogP contribution < -0.4 is 19.5 Å². The van der Waals surface area contributed by atoms with Crippen LogP contribution in [0.1, 0.15) is 10.4 Å². The molecule has 32 heavy (non-hydrogen) atoms. The van der Waals surface area contributed by atoms with Gasteiger partial charge in [-0.15, -0.1) is 11.3 Å². The lowest BCUT2D eigenvalue weighted by atomic mass is 10.1. The highest BCUT2D eigenvalue weighted by molar-refractivity contribution is 7.11. The minimum absolute atomic E-state index is 0.105. The van der Waals surface area contributed by atoms with E-state index in [0.717, 1.165) is 5.56 Å². The summed E-state index contributed by atoms with van der Waals surface area (Å²) in [7, 11) is 4.65. The van der Waals surface area contributed by atoms with Gasteiger partial charge in [-0.05, 0) is 29.6 Å². The second-order valence-corrected chi connectivity index (χ2v) is 7.88. The molecule has 164 valence electrons. The Hall–Kier alpha value is -3.78. The number of benzene rings is 2. The molecule has 3 aromatic rings. The predicted octanol–water partition coefficient (Wildman–Crippen LogP) is 4.17. The normalized spacial score (nSPS) is 13.5. The summed E-state index contributed by atoms with van der Waals surface area (Å²) in [4.78, 5) is 28.7. The molecule has 0 bridgehead atoms. The number of carbonyl (C=O) groups excluding carboxylic acids is 2. The van der Waals surface area contributed by atoms with E-state index in [4.69, 9.17) is 14.2 Å². The summed E-state index contributed by atoms with van der Waals surface area (Å²) in [5, 5.41) is 5.01. The molecule has 0 saturated heterocycles. The smallest absolute Gasteiger partial charge is 0.278 e. The number of hydrogen-bond donors (Lipinski definition) is 1. The zero-order chi connectivity index (χ0) is 22.7. The summed E-state index contributed by atoms with van der Waals surface area (Å²) in [6.07, 6.45) is 0. The number of imide groups is 1. The molecular formula is C24H22N2O5S. The number of rotatable bonds is 8. The van der Waals surface area contributed by atoms with Crippen molar-refractivity contribution in [2.45, 2.75) is 6.54 Å². The van der Waals surface area contributed by atoms with Crippen molar-refractivity contribution in [1.29, 1.82) is 0 Å². The van der Waals surface area contributed by atoms with Crippen molar-refractivity contribution in [3.63, 3.8) is 0 Å². The minimum atomic E-state index is -0.404. The predicted molar refractivity (Wildman–Crippen MR) is 123 cm³/mol. The van der Waals surface area contributed by atoms with Crippen molar-refractivity contribution in [2.24, 2.45) is 0 Å². The fourth-order valence-electron chi connectivity index (χ4n) is 3.55. The van der Waals surface area contributed by atoms with Gasteiger partial charge in [0, 0.05) is 22.2 Å². The summed E-state index contributed by atoms with van der Waals surface area (Å²) in [6.45, 7) is 0.105. The average Bonchev–Trinajstić information content (AvgIpc) is 3.42. The second-order valence-electron chi connectivity index (χ2n) is 6.93. The molecule has 0 unspecified atom stereocenters. The molecule has 4 rings (SSSR count). The third kappa shape index (κ3) is 3.92. The maximum absolute atomic E-state index is 13.4.